The third kappa shape index (κ3) is 5.18. The van der Waals surface area contributed by atoms with Gasteiger partial charge in [0.2, 0.25) is 0 Å². The molecule has 0 radical (unpaired) electrons. The summed E-state index contributed by atoms with van der Waals surface area (Å²) in [6.45, 7) is 1.95. The van der Waals surface area contributed by atoms with Crippen molar-refractivity contribution in [3.05, 3.63) is 60.2 Å². The van der Waals surface area contributed by atoms with Crippen molar-refractivity contribution in [2.75, 3.05) is 26.3 Å². The van der Waals surface area contributed by atoms with E-state index < -0.39 is 0 Å². The van der Waals surface area contributed by atoms with Crippen molar-refractivity contribution in [1.82, 2.24) is 14.8 Å². The van der Waals surface area contributed by atoms with Crippen LogP contribution in [0.1, 0.15) is 12.0 Å². The van der Waals surface area contributed by atoms with Gasteiger partial charge in [0.05, 0.1) is 19.8 Å². The first-order valence-electron chi connectivity index (χ1n) is 9.77. The molecule has 1 aliphatic rings. The van der Waals surface area contributed by atoms with Gasteiger partial charge in [0.1, 0.15) is 12.5 Å². The highest BCUT2D eigenvalue weighted by molar-refractivity contribution is 7.99. The van der Waals surface area contributed by atoms with Crippen molar-refractivity contribution in [3.8, 4) is 17.1 Å². The maximum Gasteiger partial charge on any atom is 0.191 e. The van der Waals surface area contributed by atoms with Gasteiger partial charge in [-0.15, -0.1) is 10.2 Å². The Bertz CT molecular complexity index is 893. The molecule has 6 nitrogen and oxygen atoms in total. The molecule has 7 heteroatoms. The molecule has 2 heterocycles. The molecule has 0 amide bonds. The number of benzene rings is 2. The fourth-order valence-corrected chi connectivity index (χ4v) is 4.27. The second kappa shape index (κ2) is 9.91. The van der Waals surface area contributed by atoms with E-state index in [1.807, 2.05) is 30.3 Å². The first kappa shape index (κ1) is 19.9. The Kier molecular flexibility index (Phi) is 6.82. The first-order valence-corrected chi connectivity index (χ1v) is 10.8. The van der Waals surface area contributed by atoms with E-state index in [1.165, 1.54) is 5.56 Å². The molecule has 2 aromatic carbocycles. The van der Waals surface area contributed by atoms with Gasteiger partial charge in [-0.1, -0.05) is 42.1 Å². The van der Waals surface area contributed by atoms with Crippen molar-refractivity contribution in [2.45, 2.75) is 30.6 Å². The van der Waals surface area contributed by atoms with Gasteiger partial charge in [0, 0.05) is 17.9 Å². The second-order valence-corrected chi connectivity index (χ2v) is 7.82. The minimum Gasteiger partial charge on any atom is -0.497 e. The molecule has 29 heavy (non-hydrogen) atoms. The Balaban J connectivity index is 1.54. The highest BCUT2D eigenvalue weighted by Gasteiger charge is 2.19. The summed E-state index contributed by atoms with van der Waals surface area (Å²) in [5.41, 5.74) is 2.33. The van der Waals surface area contributed by atoms with Gasteiger partial charge in [-0.05, 0) is 42.7 Å². The number of hydrogen-bond donors (Lipinski definition) is 0. The summed E-state index contributed by atoms with van der Waals surface area (Å²) in [7, 11) is 1.67. The monoisotopic (exact) mass is 411 g/mol. The number of hydrogen-bond acceptors (Lipinski definition) is 6. The van der Waals surface area contributed by atoms with Gasteiger partial charge in [-0.3, -0.25) is 0 Å². The van der Waals surface area contributed by atoms with Crippen LogP contribution >= 0.6 is 11.8 Å². The fraction of sp³-hybridized carbons (Fsp3) is 0.364. The molecular weight excluding hydrogens is 386 g/mol. The molecule has 0 spiro atoms. The van der Waals surface area contributed by atoms with Crippen LogP contribution in [0.25, 0.3) is 11.4 Å². The number of thioether (sulfide) groups is 1. The van der Waals surface area contributed by atoms with Crippen molar-refractivity contribution in [1.29, 1.82) is 0 Å². The molecule has 0 N–H and O–H groups in total. The molecule has 1 atom stereocenters. The Morgan fingerprint density at radius 2 is 1.93 bits per heavy atom. The molecule has 1 aliphatic heterocycles. The highest BCUT2D eigenvalue weighted by atomic mass is 32.2. The summed E-state index contributed by atoms with van der Waals surface area (Å²) < 4.78 is 18.4. The van der Waals surface area contributed by atoms with E-state index in [2.05, 4.69) is 39.0 Å². The number of rotatable bonds is 8. The van der Waals surface area contributed by atoms with Gasteiger partial charge in [-0.25, -0.2) is 0 Å². The van der Waals surface area contributed by atoms with E-state index in [9.17, 15) is 0 Å². The summed E-state index contributed by atoms with van der Waals surface area (Å²) in [5.74, 6) is 2.55. The van der Waals surface area contributed by atoms with Crippen LogP contribution in [0.15, 0.2) is 59.8 Å². The van der Waals surface area contributed by atoms with Gasteiger partial charge in [-0.2, -0.15) is 0 Å². The Morgan fingerprint density at radius 1 is 1.10 bits per heavy atom. The van der Waals surface area contributed by atoms with Crippen LogP contribution in [-0.4, -0.2) is 47.1 Å². The Hall–Kier alpha value is -2.35. The van der Waals surface area contributed by atoms with E-state index in [-0.39, 0.29) is 6.10 Å². The van der Waals surface area contributed by atoms with Crippen LogP contribution in [-0.2, 0) is 22.4 Å². The topological polar surface area (TPSA) is 58.4 Å². The third-order valence-electron chi connectivity index (χ3n) is 4.90. The summed E-state index contributed by atoms with van der Waals surface area (Å²) in [5, 5.41) is 9.91. The number of aromatic nitrogens is 3. The number of aryl methyl sites for hydroxylation is 1. The van der Waals surface area contributed by atoms with Crippen LogP contribution in [0.5, 0.6) is 5.75 Å². The van der Waals surface area contributed by atoms with Crippen molar-refractivity contribution < 1.29 is 14.2 Å². The largest absolute Gasteiger partial charge is 0.497 e. The third-order valence-corrected chi connectivity index (χ3v) is 6.00. The van der Waals surface area contributed by atoms with Crippen LogP contribution in [0.3, 0.4) is 0 Å². The minimum atomic E-state index is 0.192. The fourth-order valence-electron chi connectivity index (χ4n) is 3.24. The zero-order chi connectivity index (χ0) is 19.9. The van der Waals surface area contributed by atoms with Crippen LogP contribution in [0.4, 0.5) is 0 Å². The molecule has 3 aromatic rings. The maximum absolute atomic E-state index is 5.67. The lowest BCUT2D eigenvalue weighted by molar-refractivity contribution is -0.130. The number of nitrogens with zero attached hydrogens (tertiary/aromatic N) is 3. The zero-order valence-electron chi connectivity index (χ0n) is 16.5. The molecule has 0 bridgehead atoms. The molecule has 0 unspecified atom stereocenters. The molecule has 1 fully saturated rings. The van der Waals surface area contributed by atoms with E-state index in [4.69, 9.17) is 14.2 Å². The SMILES string of the molecule is COc1ccc(-c2nnc(SC[C@H]3CCOCO3)n2CCc2ccccc2)cc1. The molecule has 152 valence electrons. The van der Waals surface area contributed by atoms with Crippen molar-refractivity contribution in [2.24, 2.45) is 0 Å². The minimum absolute atomic E-state index is 0.192. The predicted molar refractivity (Wildman–Crippen MR) is 113 cm³/mol. The molecule has 1 aromatic heterocycles. The first-order chi connectivity index (χ1) is 14.3. The Labute approximate surface area is 175 Å². The normalized spacial score (nSPS) is 16.7. The van der Waals surface area contributed by atoms with E-state index in [0.717, 1.165) is 54.0 Å². The predicted octanol–water partition coefficient (Wildman–Crippen LogP) is 4.05. The number of ether oxygens (including phenoxy) is 3. The smallest absolute Gasteiger partial charge is 0.191 e. The summed E-state index contributed by atoms with van der Waals surface area (Å²) in [6.07, 6.45) is 2.03. The van der Waals surface area contributed by atoms with Gasteiger partial charge in [0.25, 0.3) is 0 Å². The molecular formula is C22H25N3O3S. The molecule has 0 aliphatic carbocycles. The Morgan fingerprint density at radius 3 is 2.66 bits per heavy atom. The van der Waals surface area contributed by atoms with Crippen molar-refractivity contribution in [3.63, 3.8) is 0 Å². The standard InChI is InChI=1S/C22H25N3O3S/c1-26-19-9-7-18(8-10-19)21-23-24-22(29-15-20-12-14-27-16-28-20)25(21)13-11-17-5-3-2-4-6-17/h2-10,20H,11-16H2,1H3/t20-/m1/s1. The lowest BCUT2D eigenvalue weighted by Gasteiger charge is -2.22. The summed E-state index contributed by atoms with van der Waals surface area (Å²) >= 11 is 1.70. The molecule has 4 rings (SSSR count). The summed E-state index contributed by atoms with van der Waals surface area (Å²) in [6, 6.07) is 18.5. The molecule has 1 saturated heterocycles. The lowest BCUT2D eigenvalue weighted by atomic mass is 10.1. The van der Waals surface area contributed by atoms with E-state index in [1.54, 1.807) is 18.9 Å². The average Bonchev–Trinajstić information content (AvgIpc) is 3.20. The van der Waals surface area contributed by atoms with Gasteiger partial charge >= 0.3 is 0 Å². The quantitative estimate of drug-likeness (QED) is 0.521. The van der Waals surface area contributed by atoms with Gasteiger partial charge < -0.3 is 18.8 Å². The average molecular weight is 412 g/mol. The lowest BCUT2D eigenvalue weighted by Crippen LogP contribution is -2.25. The number of methoxy groups -OCH3 is 1. The van der Waals surface area contributed by atoms with Crippen LogP contribution in [0.2, 0.25) is 0 Å². The van der Waals surface area contributed by atoms with E-state index in [0.29, 0.717) is 6.79 Å². The van der Waals surface area contributed by atoms with Crippen LogP contribution in [0, 0.1) is 0 Å². The zero-order valence-corrected chi connectivity index (χ0v) is 17.3. The summed E-state index contributed by atoms with van der Waals surface area (Å²) in [4.78, 5) is 0. The maximum atomic E-state index is 5.67. The highest BCUT2D eigenvalue weighted by Crippen LogP contribution is 2.27. The van der Waals surface area contributed by atoms with Crippen LogP contribution < -0.4 is 4.74 Å². The van der Waals surface area contributed by atoms with Crippen molar-refractivity contribution >= 4 is 11.8 Å². The van der Waals surface area contributed by atoms with E-state index >= 15 is 0 Å². The molecule has 0 saturated carbocycles. The second-order valence-electron chi connectivity index (χ2n) is 6.84. The van der Waals surface area contributed by atoms with Gasteiger partial charge in [0.15, 0.2) is 11.0 Å².